The molecule has 2 aromatic heterocycles. The minimum absolute atomic E-state index is 0.146. The first-order valence-electron chi connectivity index (χ1n) is 17.7. The molecule has 2 aliphatic rings. The highest BCUT2D eigenvalue weighted by Crippen LogP contribution is 2.34. The zero-order valence-electron chi connectivity index (χ0n) is 29.8. The van der Waals surface area contributed by atoms with Crippen LogP contribution in [-0.2, 0) is 19.1 Å². The number of likely N-dealkylation sites (tertiary alicyclic amines) is 2. The van der Waals surface area contributed by atoms with Crippen LogP contribution in [0.3, 0.4) is 0 Å². The zero-order valence-corrected chi connectivity index (χ0v) is 29.8. The summed E-state index contributed by atoms with van der Waals surface area (Å²) in [5, 5.41) is 5.27. The number of hydrogen-bond acceptors (Lipinski definition) is 8. The summed E-state index contributed by atoms with van der Waals surface area (Å²) in [7, 11) is 2.56. The monoisotopic (exact) mass is 708 g/mol. The summed E-state index contributed by atoms with van der Waals surface area (Å²) in [5.41, 5.74) is 5.06. The molecule has 0 spiro atoms. The number of rotatable bonds is 9. The number of ether oxygens (including phenoxy) is 2. The number of amides is 4. The Balaban J connectivity index is 1.11. The second-order valence-corrected chi connectivity index (χ2v) is 12.9. The molecule has 4 N–H and O–H groups in total. The van der Waals surface area contributed by atoms with E-state index < -0.39 is 24.3 Å². The lowest BCUT2D eigenvalue weighted by Gasteiger charge is -2.27. The minimum atomic E-state index is -0.664. The van der Waals surface area contributed by atoms with Crippen molar-refractivity contribution in [2.75, 3.05) is 27.3 Å². The molecule has 2 saturated heterocycles. The van der Waals surface area contributed by atoms with Crippen LogP contribution in [0.15, 0.2) is 48.7 Å². The van der Waals surface area contributed by atoms with Gasteiger partial charge in [0.05, 0.1) is 49.2 Å². The van der Waals surface area contributed by atoms with E-state index in [0.29, 0.717) is 37.6 Å². The van der Waals surface area contributed by atoms with E-state index >= 15 is 0 Å². The Morgan fingerprint density at radius 1 is 0.808 bits per heavy atom. The lowest BCUT2D eigenvalue weighted by atomic mass is 10.1. The fourth-order valence-corrected chi connectivity index (χ4v) is 6.90. The molecule has 272 valence electrons. The Kier molecular flexibility index (Phi) is 11.1. The number of alkyl carbamates (subject to hydrolysis) is 2. The van der Waals surface area contributed by atoms with Crippen LogP contribution in [0.1, 0.15) is 87.2 Å². The highest BCUT2D eigenvalue weighted by atomic mass is 16.5. The fourth-order valence-electron chi connectivity index (χ4n) is 6.90. The SMILES string of the molecule is CC[C@H](NC(=O)OC)C(=O)N1CCC[C@H]1c1ncc(-c2ccc(C#Cc3ccc4nc([C@@H]5CCCN5C(=O)[C@H](CC)NC(=O)OC)[nH]c4c3)cc2)[nH]1. The third kappa shape index (κ3) is 7.73. The number of hydrogen-bond donors (Lipinski definition) is 4. The average Bonchev–Trinajstić information content (AvgIpc) is 4.00. The minimum Gasteiger partial charge on any atom is -0.453 e. The van der Waals surface area contributed by atoms with Crippen LogP contribution in [0.2, 0.25) is 0 Å². The van der Waals surface area contributed by atoms with Gasteiger partial charge in [0.2, 0.25) is 11.8 Å². The van der Waals surface area contributed by atoms with E-state index in [1.54, 1.807) is 16.0 Å². The van der Waals surface area contributed by atoms with Crippen LogP contribution in [0.4, 0.5) is 9.59 Å². The van der Waals surface area contributed by atoms with Gasteiger partial charge < -0.3 is 39.9 Å². The van der Waals surface area contributed by atoms with Gasteiger partial charge in [-0.3, -0.25) is 9.59 Å². The lowest BCUT2D eigenvalue weighted by Crippen LogP contribution is -2.48. The molecule has 0 unspecified atom stereocenters. The molecule has 0 aliphatic carbocycles. The van der Waals surface area contributed by atoms with Crippen molar-refractivity contribution in [3.8, 4) is 23.1 Å². The summed E-state index contributed by atoms with van der Waals surface area (Å²) < 4.78 is 9.39. The van der Waals surface area contributed by atoms with E-state index in [2.05, 4.69) is 37.4 Å². The average molecular weight is 709 g/mol. The van der Waals surface area contributed by atoms with Gasteiger partial charge in [-0.05, 0) is 74.4 Å². The molecule has 0 radical (unpaired) electrons. The standard InChI is InChI=1S/C38H44N8O6/c1-5-26(43-37(49)51-3)35(47)45-19-7-9-31(45)33-39-22-30(42-33)25-16-13-23(14-17-25)11-12-24-15-18-28-29(21-24)41-34(40-28)32-10-8-20-46(32)36(48)27(6-2)44-38(50)52-4/h13-18,21-22,26-27,31-32H,5-10,19-20H2,1-4H3,(H,39,42)(H,40,41)(H,43,49)(H,44,50)/t26-,27-,31-,32-/m0/s1. The van der Waals surface area contributed by atoms with Crippen molar-refractivity contribution in [1.82, 2.24) is 40.4 Å². The van der Waals surface area contributed by atoms with Crippen LogP contribution in [-0.4, -0.2) is 93.1 Å². The molecule has 2 aromatic carbocycles. The fraction of sp³-hybridized carbons (Fsp3) is 0.421. The molecule has 4 amide bonds. The first-order chi connectivity index (χ1) is 25.2. The number of nitrogens with zero attached hydrogens (tertiary/aromatic N) is 4. The molecule has 14 heteroatoms. The number of imidazole rings is 2. The van der Waals surface area contributed by atoms with Crippen molar-refractivity contribution in [3.05, 3.63) is 71.4 Å². The Morgan fingerprint density at radius 3 is 1.94 bits per heavy atom. The molecule has 4 heterocycles. The first-order valence-corrected chi connectivity index (χ1v) is 17.7. The summed E-state index contributed by atoms with van der Waals surface area (Å²) >= 11 is 0. The maximum atomic E-state index is 13.3. The van der Waals surface area contributed by atoms with Crippen LogP contribution >= 0.6 is 0 Å². The number of aromatic amines is 2. The summed E-state index contributed by atoms with van der Waals surface area (Å²) in [5.74, 6) is 7.61. The van der Waals surface area contributed by atoms with Gasteiger partial charge in [-0.25, -0.2) is 19.6 Å². The van der Waals surface area contributed by atoms with Crippen molar-refractivity contribution in [2.24, 2.45) is 0 Å². The second-order valence-electron chi connectivity index (χ2n) is 12.9. The van der Waals surface area contributed by atoms with Gasteiger partial charge in [0.25, 0.3) is 0 Å². The van der Waals surface area contributed by atoms with Crippen molar-refractivity contribution >= 4 is 35.0 Å². The highest BCUT2D eigenvalue weighted by molar-refractivity contribution is 5.87. The Bertz CT molecular complexity index is 1990. The number of aromatic nitrogens is 4. The summed E-state index contributed by atoms with van der Waals surface area (Å²) in [6.45, 7) is 4.89. The molecule has 4 atom stereocenters. The highest BCUT2D eigenvalue weighted by Gasteiger charge is 2.37. The largest absolute Gasteiger partial charge is 0.453 e. The molecule has 6 rings (SSSR count). The predicted molar refractivity (Wildman–Crippen MR) is 193 cm³/mol. The third-order valence-corrected chi connectivity index (χ3v) is 9.71. The number of H-pyrrole nitrogens is 2. The second kappa shape index (κ2) is 16.0. The molecule has 2 aliphatic heterocycles. The van der Waals surface area contributed by atoms with E-state index in [9.17, 15) is 19.2 Å². The van der Waals surface area contributed by atoms with Gasteiger partial charge in [-0.1, -0.05) is 37.8 Å². The van der Waals surface area contributed by atoms with Crippen molar-refractivity contribution in [2.45, 2.75) is 76.5 Å². The van der Waals surface area contributed by atoms with Gasteiger partial charge in [0, 0.05) is 24.2 Å². The van der Waals surface area contributed by atoms with Gasteiger partial charge in [-0.15, -0.1) is 0 Å². The topological polar surface area (TPSA) is 175 Å². The van der Waals surface area contributed by atoms with Crippen molar-refractivity contribution < 1.29 is 28.7 Å². The normalized spacial score (nSPS) is 18.0. The van der Waals surface area contributed by atoms with Crippen molar-refractivity contribution in [1.29, 1.82) is 0 Å². The van der Waals surface area contributed by atoms with Crippen molar-refractivity contribution in [3.63, 3.8) is 0 Å². The number of fused-ring (bicyclic) bond motifs is 1. The number of nitrogens with one attached hydrogen (secondary N) is 4. The number of carbonyl (C=O) groups is 4. The van der Waals surface area contributed by atoms with E-state index in [0.717, 1.165) is 59.1 Å². The number of benzene rings is 2. The van der Waals surface area contributed by atoms with Crippen LogP contribution in [0.5, 0.6) is 0 Å². The molecular weight excluding hydrogens is 664 g/mol. The quantitative estimate of drug-likeness (QED) is 0.177. The Morgan fingerprint density at radius 2 is 1.37 bits per heavy atom. The van der Waals surface area contributed by atoms with Gasteiger partial charge in [-0.2, -0.15) is 0 Å². The molecule has 2 fully saturated rings. The Labute approximate surface area is 302 Å². The summed E-state index contributed by atoms with van der Waals surface area (Å²) in [6, 6.07) is 11.9. The first kappa shape index (κ1) is 36.0. The maximum Gasteiger partial charge on any atom is 0.407 e. The van der Waals surface area contributed by atoms with Crippen LogP contribution in [0, 0.1) is 11.8 Å². The maximum absolute atomic E-state index is 13.3. The van der Waals surface area contributed by atoms with Crippen LogP contribution < -0.4 is 10.6 Å². The molecule has 0 bridgehead atoms. The van der Waals surface area contributed by atoms with E-state index in [1.165, 1.54) is 14.2 Å². The lowest BCUT2D eigenvalue weighted by molar-refractivity contribution is -0.135. The molecule has 14 nitrogen and oxygen atoms in total. The number of methoxy groups -OCH3 is 2. The smallest absolute Gasteiger partial charge is 0.407 e. The summed E-state index contributed by atoms with van der Waals surface area (Å²) in [6.07, 6.45) is 4.67. The van der Waals surface area contributed by atoms with E-state index in [4.69, 9.17) is 14.5 Å². The van der Waals surface area contributed by atoms with Gasteiger partial charge in [0.15, 0.2) is 0 Å². The van der Waals surface area contributed by atoms with Gasteiger partial charge in [0.1, 0.15) is 23.7 Å². The predicted octanol–water partition coefficient (Wildman–Crippen LogP) is 4.95. The summed E-state index contributed by atoms with van der Waals surface area (Å²) in [4.78, 5) is 69.9. The molecular formula is C38H44N8O6. The molecule has 4 aromatic rings. The van der Waals surface area contributed by atoms with E-state index in [-0.39, 0.29) is 23.9 Å². The molecule has 52 heavy (non-hydrogen) atoms. The Hall–Kier alpha value is -5.84. The van der Waals surface area contributed by atoms with E-state index in [1.807, 2.05) is 56.3 Å². The van der Waals surface area contributed by atoms with Gasteiger partial charge >= 0.3 is 12.2 Å². The zero-order chi connectivity index (χ0) is 36.8. The molecule has 0 saturated carbocycles. The number of carbonyl (C=O) groups excluding carboxylic acids is 4. The third-order valence-electron chi connectivity index (χ3n) is 9.71. The van der Waals surface area contributed by atoms with Crippen LogP contribution in [0.25, 0.3) is 22.3 Å².